The van der Waals surface area contributed by atoms with Gasteiger partial charge in [-0.25, -0.2) is 9.97 Å². The normalized spacial score (nSPS) is 15.9. The highest BCUT2D eigenvalue weighted by atomic mass is 35.5. The van der Waals surface area contributed by atoms with E-state index >= 15 is 0 Å². The zero-order valence-electron chi connectivity index (χ0n) is 17.5. The molecule has 1 fully saturated rings. The second-order valence-electron chi connectivity index (χ2n) is 7.98. The van der Waals surface area contributed by atoms with Crippen LogP contribution in [0.1, 0.15) is 19.8 Å². The molecule has 0 saturated carbocycles. The fourth-order valence-electron chi connectivity index (χ4n) is 3.81. The molecular weight excluding hydrogens is 459 g/mol. The Kier molecular flexibility index (Phi) is 6.10. The Balaban J connectivity index is 1.94. The molecule has 6 nitrogen and oxygen atoms in total. The summed E-state index contributed by atoms with van der Waals surface area (Å²) in [6.45, 7) is 3.64. The van der Waals surface area contributed by atoms with Crippen LogP contribution in [0.2, 0.25) is 15.2 Å². The molecule has 0 aliphatic carbocycles. The predicted octanol–water partition coefficient (Wildman–Crippen LogP) is 5.59. The first kappa shape index (κ1) is 22.2. The number of piperidine rings is 1. The van der Waals surface area contributed by atoms with E-state index < -0.39 is 0 Å². The van der Waals surface area contributed by atoms with Gasteiger partial charge in [-0.05, 0) is 31.9 Å². The first-order valence-corrected chi connectivity index (χ1v) is 11.0. The van der Waals surface area contributed by atoms with E-state index in [1.54, 1.807) is 26.5 Å². The summed E-state index contributed by atoms with van der Waals surface area (Å²) in [6, 6.07) is 5.38. The molecular formula is C22H23Cl3N4O2. The average Bonchev–Trinajstić information content (AvgIpc) is 2.74. The van der Waals surface area contributed by atoms with Gasteiger partial charge in [0.05, 0.1) is 30.0 Å². The summed E-state index contributed by atoms with van der Waals surface area (Å²) in [4.78, 5) is 11.4. The van der Waals surface area contributed by atoms with Gasteiger partial charge in [-0.3, -0.25) is 0 Å². The van der Waals surface area contributed by atoms with Gasteiger partial charge in [0.15, 0.2) is 0 Å². The first-order valence-electron chi connectivity index (χ1n) is 9.84. The van der Waals surface area contributed by atoms with E-state index in [-0.39, 0.29) is 5.54 Å². The van der Waals surface area contributed by atoms with Crippen molar-refractivity contribution in [2.45, 2.75) is 25.3 Å². The third-order valence-electron chi connectivity index (χ3n) is 5.70. The molecule has 0 spiro atoms. The number of methoxy groups -OCH3 is 2. The number of halogens is 3. The monoisotopic (exact) mass is 480 g/mol. The number of nitrogens with zero attached hydrogens (tertiary/aromatic N) is 3. The molecule has 0 radical (unpaired) electrons. The quantitative estimate of drug-likeness (QED) is 0.490. The highest BCUT2D eigenvalue weighted by Crippen LogP contribution is 2.46. The second-order valence-corrected chi connectivity index (χ2v) is 9.13. The fourth-order valence-corrected chi connectivity index (χ4v) is 4.66. The Bertz CT molecular complexity index is 1120. The number of pyridine rings is 2. The molecule has 2 N–H and O–H groups in total. The van der Waals surface area contributed by atoms with Crippen molar-refractivity contribution in [2.24, 2.45) is 5.73 Å². The van der Waals surface area contributed by atoms with Gasteiger partial charge in [-0.1, -0.05) is 34.8 Å². The van der Waals surface area contributed by atoms with E-state index in [2.05, 4.69) is 16.8 Å². The van der Waals surface area contributed by atoms with Crippen molar-refractivity contribution in [1.29, 1.82) is 0 Å². The van der Waals surface area contributed by atoms with Crippen LogP contribution in [0.25, 0.3) is 22.0 Å². The van der Waals surface area contributed by atoms with E-state index in [0.717, 1.165) is 42.5 Å². The molecule has 1 aliphatic heterocycles. The number of aromatic nitrogens is 2. The molecule has 0 unspecified atom stereocenters. The molecule has 1 aliphatic rings. The molecule has 3 aromatic rings. The van der Waals surface area contributed by atoms with Gasteiger partial charge in [0.2, 0.25) is 0 Å². The van der Waals surface area contributed by atoms with Crippen LogP contribution in [-0.2, 0) is 0 Å². The maximum atomic E-state index is 6.66. The number of hydrogen-bond acceptors (Lipinski definition) is 6. The Morgan fingerprint density at radius 1 is 1.00 bits per heavy atom. The third kappa shape index (κ3) is 4.22. The number of fused-ring (bicyclic) bond motifs is 1. The zero-order valence-corrected chi connectivity index (χ0v) is 19.8. The summed E-state index contributed by atoms with van der Waals surface area (Å²) in [5, 5.41) is 2.91. The molecule has 31 heavy (non-hydrogen) atoms. The molecule has 2 aromatic heterocycles. The van der Waals surface area contributed by atoms with Gasteiger partial charge in [0.25, 0.3) is 0 Å². The van der Waals surface area contributed by atoms with Crippen LogP contribution < -0.4 is 20.1 Å². The summed E-state index contributed by atoms with van der Waals surface area (Å²) in [6.07, 6.45) is 3.43. The van der Waals surface area contributed by atoms with E-state index in [1.165, 1.54) is 0 Å². The van der Waals surface area contributed by atoms with Crippen molar-refractivity contribution in [1.82, 2.24) is 9.97 Å². The van der Waals surface area contributed by atoms with Crippen LogP contribution >= 0.6 is 34.8 Å². The Morgan fingerprint density at radius 3 is 2.19 bits per heavy atom. The van der Waals surface area contributed by atoms with Gasteiger partial charge in [0, 0.05) is 47.2 Å². The second kappa shape index (κ2) is 8.51. The maximum Gasteiger partial charge on any atom is 0.141 e. The standard InChI is InChI=1S/C22H23Cl3N4O2/c1-22(26)4-6-29(7-5-22)21-13-9-17(23)27-11-12(13)8-14(28-21)18-19(24)15(30-2)10-16(31-3)20(18)25/h8-11H,4-7,26H2,1-3H3. The Morgan fingerprint density at radius 2 is 1.61 bits per heavy atom. The predicted molar refractivity (Wildman–Crippen MR) is 127 cm³/mol. The Labute approximate surface area is 196 Å². The van der Waals surface area contributed by atoms with Crippen LogP contribution in [-0.4, -0.2) is 42.8 Å². The van der Waals surface area contributed by atoms with Crippen molar-refractivity contribution in [2.75, 3.05) is 32.2 Å². The molecule has 1 aromatic carbocycles. The van der Waals surface area contributed by atoms with Gasteiger partial charge in [-0.2, -0.15) is 0 Å². The van der Waals surface area contributed by atoms with Crippen molar-refractivity contribution in [3.63, 3.8) is 0 Å². The molecule has 4 rings (SSSR count). The summed E-state index contributed by atoms with van der Waals surface area (Å²) >= 11 is 19.5. The summed E-state index contributed by atoms with van der Waals surface area (Å²) < 4.78 is 10.8. The van der Waals surface area contributed by atoms with Crippen LogP contribution in [0.4, 0.5) is 5.82 Å². The lowest BCUT2D eigenvalue weighted by molar-refractivity contribution is 0.363. The first-order chi connectivity index (χ1) is 14.7. The molecule has 0 atom stereocenters. The number of anilines is 1. The molecule has 1 saturated heterocycles. The van der Waals surface area contributed by atoms with E-state index in [1.807, 2.05) is 12.1 Å². The van der Waals surface area contributed by atoms with Gasteiger partial charge in [-0.15, -0.1) is 0 Å². The van der Waals surface area contributed by atoms with E-state index in [0.29, 0.717) is 38.0 Å². The molecule has 0 amide bonds. The lowest BCUT2D eigenvalue weighted by Crippen LogP contribution is -2.48. The topological polar surface area (TPSA) is 73.5 Å². The fraction of sp³-hybridized carbons (Fsp3) is 0.364. The van der Waals surface area contributed by atoms with Crippen LogP contribution in [0.5, 0.6) is 11.5 Å². The van der Waals surface area contributed by atoms with Crippen molar-refractivity contribution >= 4 is 51.4 Å². The SMILES string of the molecule is COc1cc(OC)c(Cl)c(-c2cc3cnc(Cl)cc3c(N3CCC(C)(N)CC3)n2)c1Cl. The van der Waals surface area contributed by atoms with Crippen LogP contribution in [0.3, 0.4) is 0 Å². The lowest BCUT2D eigenvalue weighted by Gasteiger charge is -2.38. The number of nitrogens with two attached hydrogens (primary N) is 1. The van der Waals surface area contributed by atoms with Crippen molar-refractivity contribution < 1.29 is 9.47 Å². The number of hydrogen-bond donors (Lipinski definition) is 1. The Hall–Kier alpha value is -1.99. The molecule has 9 heteroatoms. The number of ether oxygens (including phenoxy) is 2. The van der Waals surface area contributed by atoms with Gasteiger partial charge in [0.1, 0.15) is 22.5 Å². The number of benzene rings is 1. The molecule has 3 heterocycles. The third-order valence-corrected chi connectivity index (χ3v) is 6.65. The zero-order chi connectivity index (χ0) is 22.3. The minimum Gasteiger partial charge on any atom is -0.495 e. The van der Waals surface area contributed by atoms with Crippen molar-refractivity contribution in [3.05, 3.63) is 39.6 Å². The van der Waals surface area contributed by atoms with Gasteiger partial charge < -0.3 is 20.1 Å². The minimum atomic E-state index is -0.185. The number of rotatable bonds is 4. The van der Waals surface area contributed by atoms with Crippen LogP contribution in [0, 0.1) is 0 Å². The average molecular weight is 482 g/mol. The van der Waals surface area contributed by atoms with E-state index in [9.17, 15) is 0 Å². The minimum absolute atomic E-state index is 0.185. The summed E-state index contributed by atoms with van der Waals surface area (Å²) in [7, 11) is 3.09. The lowest BCUT2D eigenvalue weighted by atomic mass is 9.91. The highest BCUT2D eigenvalue weighted by Gasteiger charge is 2.28. The largest absolute Gasteiger partial charge is 0.495 e. The summed E-state index contributed by atoms with van der Waals surface area (Å²) in [5.41, 5.74) is 7.29. The molecule has 164 valence electrons. The molecule has 0 bridgehead atoms. The van der Waals surface area contributed by atoms with Crippen LogP contribution in [0.15, 0.2) is 24.4 Å². The summed E-state index contributed by atoms with van der Waals surface area (Å²) in [5.74, 6) is 1.70. The van der Waals surface area contributed by atoms with E-state index in [4.69, 9.17) is 55.0 Å². The van der Waals surface area contributed by atoms with Crippen molar-refractivity contribution in [3.8, 4) is 22.8 Å². The smallest absolute Gasteiger partial charge is 0.141 e. The van der Waals surface area contributed by atoms with Gasteiger partial charge >= 0.3 is 0 Å². The highest BCUT2D eigenvalue weighted by molar-refractivity contribution is 6.41. The maximum absolute atomic E-state index is 6.66.